The van der Waals surface area contributed by atoms with Crippen LogP contribution in [0.1, 0.15) is 59.3 Å². The lowest BCUT2D eigenvalue weighted by Crippen LogP contribution is -2.45. The lowest BCUT2D eigenvalue weighted by Gasteiger charge is -2.40. The van der Waals surface area contributed by atoms with Crippen molar-refractivity contribution in [2.45, 2.75) is 59.3 Å². The van der Waals surface area contributed by atoms with Crippen molar-refractivity contribution in [3.8, 4) is 0 Å². The van der Waals surface area contributed by atoms with Crippen molar-refractivity contribution in [2.24, 2.45) is 17.3 Å². The van der Waals surface area contributed by atoms with Gasteiger partial charge in [-0.3, -0.25) is 4.79 Å². The Kier molecular flexibility index (Phi) is 7.49. The first-order valence-corrected chi connectivity index (χ1v) is 8.52. The van der Waals surface area contributed by atoms with E-state index in [1.165, 1.54) is 32.1 Å². The number of carbonyl (C=O) groups excluding carboxylic acids is 1. The fraction of sp³-hybridized carbons (Fsp3) is 0.941. The normalized spacial score (nSPS) is 28.8. The molecule has 1 amide bonds. The second-order valence-electron chi connectivity index (χ2n) is 7.35. The van der Waals surface area contributed by atoms with Gasteiger partial charge in [-0.15, -0.1) is 12.4 Å². The van der Waals surface area contributed by atoms with Crippen LogP contribution < -0.4 is 5.32 Å². The molecule has 3 nitrogen and oxygen atoms in total. The highest BCUT2D eigenvalue weighted by atomic mass is 35.5. The molecule has 2 unspecified atom stereocenters. The van der Waals surface area contributed by atoms with Gasteiger partial charge in [0, 0.05) is 19.5 Å². The number of nitrogens with one attached hydrogen (secondary N) is 1. The highest BCUT2D eigenvalue weighted by Crippen LogP contribution is 2.33. The Morgan fingerprint density at radius 2 is 2.05 bits per heavy atom. The molecule has 2 rings (SSSR count). The van der Waals surface area contributed by atoms with E-state index >= 15 is 0 Å². The maximum atomic E-state index is 12.6. The molecular weight excluding hydrogens is 284 g/mol. The first-order chi connectivity index (χ1) is 9.54. The van der Waals surface area contributed by atoms with Crippen LogP contribution in [0.3, 0.4) is 0 Å². The van der Waals surface area contributed by atoms with Gasteiger partial charge >= 0.3 is 0 Å². The molecule has 0 aliphatic carbocycles. The van der Waals surface area contributed by atoms with Gasteiger partial charge in [0.1, 0.15) is 0 Å². The van der Waals surface area contributed by atoms with E-state index in [1.54, 1.807) is 0 Å². The highest BCUT2D eigenvalue weighted by molar-refractivity contribution is 5.85. The molecule has 0 bridgehead atoms. The number of hydrogen-bond donors (Lipinski definition) is 1. The average Bonchev–Trinajstić information content (AvgIpc) is 2.48. The van der Waals surface area contributed by atoms with E-state index in [2.05, 4.69) is 31.0 Å². The zero-order valence-corrected chi connectivity index (χ0v) is 14.8. The average molecular weight is 317 g/mol. The van der Waals surface area contributed by atoms with Crippen LogP contribution in [0, 0.1) is 17.3 Å². The summed E-state index contributed by atoms with van der Waals surface area (Å²) in [5, 5.41) is 3.41. The number of likely N-dealkylation sites (tertiary alicyclic amines) is 1. The van der Waals surface area contributed by atoms with Crippen molar-refractivity contribution in [3.63, 3.8) is 0 Å². The number of halogens is 1. The maximum absolute atomic E-state index is 12.6. The minimum Gasteiger partial charge on any atom is -0.342 e. The molecule has 0 aromatic heterocycles. The Bertz CT molecular complexity index is 331. The number of rotatable bonds is 4. The topological polar surface area (TPSA) is 32.3 Å². The minimum absolute atomic E-state index is 0. The van der Waals surface area contributed by atoms with Crippen molar-refractivity contribution < 1.29 is 4.79 Å². The van der Waals surface area contributed by atoms with E-state index in [4.69, 9.17) is 0 Å². The van der Waals surface area contributed by atoms with Crippen LogP contribution in [0.25, 0.3) is 0 Å². The zero-order chi connectivity index (χ0) is 14.6. The second kappa shape index (κ2) is 8.38. The van der Waals surface area contributed by atoms with Crippen LogP contribution in [-0.2, 0) is 4.79 Å². The third kappa shape index (κ3) is 5.14. The summed E-state index contributed by atoms with van der Waals surface area (Å²) in [6.45, 7) is 11.1. The van der Waals surface area contributed by atoms with Gasteiger partial charge in [-0.05, 0) is 62.4 Å². The van der Waals surface area contributed by atoms with E-state index in [0.717, 1.165) is 38.5 Å². The third-order valence-electron chi connectivity index (χ3n) is 5.67. The summed E-state index contributed by atoms with van der Waals surface area (Å²) in [6, 6.07) is 0. The molecule has 0 radical (unpaired) electrons. The van der Waals surface area contributed by atoms with Gasteiger partial charge in [-0.25, -0.2) is 0 Å². The van der Waals surface area contributed by atoms with Gasteiger partial charge < -0.3 is 10.2 Å². The van der Waals surface area contributed by atoms with E-state index < -0.39 is 0 Å². The SMILES string of the molecule is CCC1(C)CCCN(C(=O)CC(C)C2CCNCC2)C1.Cl. The van der Waals surface area contributed by atoms with Crippen molar-refractivity contribution in [2.75, 3.05) is 26.2 Å². The summed E-state index contributed by atoms with van der Waals surface area (Å²) >= 11 is 0. The van der Waals surface area contributed by atoms with E-state index in [1.807, 2.05) is 0 Å². The Labute approximate surface area is 136 Å². The summed E-state index contributed by atoms with van der Waals surface area (Å²) in [5.41, 5.74) is 0.353. The molecule has 0 aromatic carbocycles. The molecule has 124 valence electrons. The van der Waals surface area contributed by atoms with Crippen LogP contribution in [0.5, 0.6) is 0 Å². The Morgan fingerprint density at radius 3 is 2.67 bits per heavy atom. The van der Waals surface area contributed by atoms with Gasteiger partial charge in [0.2, 0.25) is 5.91 Å². The number of amides is 1. The number of nitrogens with zero attached hydrogens (tertiary/aromatic N) is 1. The van der Waals surface area contributed by atoms with Crippen LogP contribution in [0.4, 0.5) is 0 Å². The predicted octanol–water partition coefficient (Wildman–Crippen LogP) is 3.47. The quantitative estimate of drug-likeness (QED) is 0.861. The number of piperidine rings is 2. The standard InChI is InChI=1S/C17H32N2O.ClH/c1-4-17(3)8-5-11-19(13-17)16(20)12-14(2)15-6-9-18-10-7-15;/h14-15,18H,4-13H2,1-3H3;1H. The molecule has 0 aromatic rings. The van der Waals surface area contributed by atoms with Gasteiger partial charge in [0.05, 0.1) is 0 Å². The van der Waals surface area contributed by atoms with E-state index in [-0.39, 0.29) is 12.4 Å². The summed E-state index contributed by atoms with van der Waals surface area (Å²) < 4.78 is 0. The predicted molar refractivity (Wildman–Crippen MR) is 90.8 cm³/mol. The van der Waals surface area contributed by atoms with Gasteiger partial charge in [-0.2, -0.15) is 0 Å². The molecule has 2 heterocycles. The maximum Gasteiger partial charge on any atom is 0.222 e. The summed E-state index contributed by atoms with van der Waals surface area (Å²) in [6.07, 6.45) is 6.86. The zero-order valence-electron chi connectivity index (χ0n) is 14.0. The molecule has 21 heavy (non-hydrogen) atoms. The molecular formula is C17H33ClN2O. The molecule has 4 heteroatoms. The first kappa shape index (κ1) is 18.8. The Hall–Kier alpha value is -0.280. The molecule has 0 spiro atoms. The van der Waals surface area contributed by atoms with Crippen molar-refractivity contribution >= 4 is 18.3 Å². The van der Waals surface area contributed by atoms with Crippen molar-refractivity contribution in [1.82, 2.24) is 10.2 Å². The van der Waals surface area contributed by atoms with Crippen LogP contribution >= 0.6 is 12.4 Å². The monoisotopic (exact) mass is 316 g/mol. The van der Waals surface area contributed by atoms with E-state index in [9.17, 15) is 4.79 Å². The second-order valence-corrected chi connectivity index (χ2v) is 7.35. The van der Waals surface area contributed by atoms with Crippen molar-refractivity contribution in [1.29, 1.82) is 0 Å². The fourth-order valence-electron chi connectivity index (χ4n) is 3.80. The minimum atomic E-state index is 0. The van der Waals surface area contributed by atoms with Crippen LogP contribution in [0.2, 0.25) is 0 Å². The third-order valence-corrected chi connectivity index (χ3v) is 5.67. The van der Waals surface area contributed by atoms with Crippen LogP contribution in [-0.4, -0.2) is 37.0 Å². The summed E-state index contributed by atoms with van der Waals surface area (Å²) in [4.78, 5) is 14.7. The fourth-order valence-corrected chi connectivity index (χ4v) is 3.80. The molecule has 2 atom stereocenters. The lowest BCUT2D eigenvalue weighted by atomic mass is 9.79. The number of hydrogen-bond acceptors (Lipinski definition) is 2. The molecule has 2 fully saturated rings. The van der Waals surface area contributed by atoms with Gasteiger partial charge in [-0.1, -0.05) is 20.8 Å². The Balaban J connectivity index is 0.00000220. The molecule has 0 saturated carbocycles. The molecule has 2 aliphatic rings. The van der Waals surface area contributed by atoms with E-state index in [0.29, 0.717) is 17.2 Å². The number of carbonyl (C=O) groups is 1. The highest BCUT2D eigenvalue weighted by Gasteiger charge is 2.32. The summed E-state index contributed by atoms with van der Waals surface area (Å²) in [7, 11) is 0. The Morgan fingerprint density at radius 1 is 1.38 bits per heavy atom. The largest absolute Gasteiger partial charge is 0.342 e. The van der Waals surface area contributed by atoms with Crippen LogP contribution in [0.15, 0.2) is 0 Å². The molecule has 2 aliphatic heterocycles. The van der Waals surface area contributed by atoms with Gasteiger partial charge in [0.25, 0.3) is 0 Å². The molecule has 2 saturated heterocycles. The lowest BCUT2D eigenvalue weighted by molar-refractivity contribution is -0.136. The van der Waals surface area contributed by atoms with Gasteiger partial charge in [0.15, 0.2) is 0 Å². The first-order valence-electron chi connectivity index (χ1n) is 8.52. The van der Waals surface area contributed by atoms with Crippen molar-refractivity contribution in [3.05, 3.63) is 0 Å². The molecule has 1 N–H and O–H groups in total. The summed E-state index contributed by atoms with van der Waals surface area (Å²) in [5.74, 6) is 1.68. The smallest absolute Gasteiger partial charge is 0.222 e.